The largest absolute Gasteiger partial charge is 0.469 e. The molecule has 0 unspecified atom stereocenters. The Hall–Kier alpha value is -3.47. The summed E-state index contributed by atoms with van der Waals surface area (Å²) < 4.78 is 16.1. The van der Waals surface area contributed by atoms with Crippen molar-refractivity contribution in [2.24, 2.45) is 17.8 Å². The van der Waals surface area contributed by atoms with Gasteiger partial charge in [0.1, 0.15) is 16.7 Å². The van der Waals surface area contributed by atoms with E-state index in [2.05, 4.69) is 20.6 Å². The summed E-state index contributed by atoms with van der Waals surface area (Å²) in [5.41, 5.74) is 1.03. The number of methoxy groups -OCH3 is 1. The Kier molecular flexibility index (Phi) is 15.1. The number of carbonyl (C=O) groups excluding carboxylic acids is 5. The number of hydrogen-bond donors (Lipinski definition) is 2. The number of hydrogen-bond acceptors (Lipinski definition) is 13. The van der Waals surface area contributed by atoms with Gasteiger partial charge in [-0.25, -0.2) is 9.97 Å². The lowest BCUT2D eigenvalue weighted by Gasteiger charge is -2.40. The molecule has 16 heteroatoms. The van der Waals surface area contributed by atoms with Crippen LogP contribution in [0.15, 0.2) is 10.8 Å². The van der Waals surface area contributed by atoms with E-state index in [1.807, 2.05) is 38.1 Å². The Morgan fingerprint density at radius 2 is 1.79 bits per heavy atom. The maximum Gasteiger partial charge on any atom is 0.308 e. The minimum absolute atomic E-state index is 0.0553. The van der Waals surface area contributed by atoms with E-state index in [1.165, 1.54) is 36.7 Å². The number of ether oxygens (including phenoxy) is 3. The minimum Gasteiger partial charge on any atom is -0.469 e. The van der Waals surface area contributed by atoms with E-state index < -0.39 is 42.0 Å². The maximum absolute atomic E-state index is 14.2. The molecule has 6 atom stereocenters. The molecule has 2 aromatic heterocycles. The van der Waals surface area contributed by atoms with Crippen LogP contribution in [0.2, 0.25) is 0 Å². The molecule has 2 N–H and O–H groups in total. The zero-order valence-electron chi connectivity index (χ0n) is 31.5. The number of aromatic nitrogens is 2. The van der Waals surface area contributed by atoms with Gasteiger partial charge in [0.2, 0.25) is 11.8 Å². The average molecular weight is 763 g/mol. The summed E-state index contributed by atoms with van der Waals surface area (Å²) in [6, 6.07) is -1.86. The molecule has 0 aliphatic carbocycles. The molecule has 3 amide bonds. The van der Waals surface area contributed by atoms with E-state index in [9.17, 15) is 24.0 Å². The lowest BCUT2D eigenvalue weighted by molar-refractivity contribution is -0.151. The predicted octanol–water partition coefficient (Wildman–Crippen LogP) is 3.54. The minimum atomic E-state index is -0.837. The number of aryl methyl sites for hydroxylation is 1. The molecule has 2 aliphatic rings. The number of piperidine rings is 1. The molecule has 0 aromatic carbocycles. The van der Waals surface area contributed by atoms with Gasteiger partial charge in [0.25, 0.3) is 5.91 Å². The van der Waals surface area contributed by atoms with E-state index in [-0.39, 0.29) is 47.8 Å². The van der Waals surface area contributed by atoms with Crippen molar-refractivity contribution in [1.82, 2.24) is 30.4 Å². The molecule has 2 aromatic rings. The van der Waals surface area contributed by atoms with Crippen molar-refractivity contribution in [3.63, 3.8) is 0 Å². The fraction of sp³-hybridized carbons (Fsp3) is 0.694. The second kappa shape index (κ2) is 19.0. The molecule has 14 nitrogen and oxygen atoms in total. The van der Waals surface area contributed by atoms with Gasteiger partial charge in [-0.15, -0.1) is 22.7 Å². The molecule has 4 heterocycles. The molecule has 0 bridgehead atoms. The van der Waals surface area contributed by atoms with Crippen LogP contribution in [0.4, 0.5) is 0 Å². The number of rotatable bonds is 17. The molecular weight excluding hydrogens is 709 g/mol. The third-order valence-corrected chi connectivity index (χ3v) is 11.8. The summed E-state index contributed by atoms with van der Waals surface area (Å²) in [5, 5.41) is 10.9. The number of amides is 3. The molecule has 0 spiro atoms. The van der Waals surface area contributed by atoms with Gasteiger partial charge in [0.05, 0.1) is 37.3 Å². The second-order valence-electron chi connectivity index (χ2n) is 14.4. The molecule has 288 valence electrons. The molecule has 0 radical (unpaired) electrons. The van der Waals surface area contributed by atoms with Crippen molar-refractivity contribution in [2.75, 3.05) is 41.0 Å². The van der Waals surface area contributed by atoms with Crippen LogP contribution >= 0.6 is 22.7 Å². The highest BCUT2D eigenvalue weighted by Crippen LogP contribution is 2.31. The second-order valence-corrected chi connectivity index (χ2v) is 16.2. The first-order valence-corrected chi connectivity index (χ1v) is 19.7. The summed E-state index contributed by atoms with van der Waals surface area (Å²) in [5.74, 6) is -2.38. The van der Waals surface area contributed by atoms with E-state index in [0.29, 0.717) is 31.1 Å². The van der Waals surface area contributed by atoms with Crippen molar-refractivity contribution >= 4 is 52.3 Å². The van der Waals surface area contributed by atoms with Gasteiger partial charge in [-0.2, -0.15) is 0 Å². The van der Waals surface area contributed by atoms with Crippen LogP contribution in [-0.2, 0) is 39.8 Å². The highest BCUT2D eigenvalue weighted by atomic mass is 32.1. The normalized spacial score (nSPS) is 19.4. The van der Waals surface area contributed by atoms with Crippen molar-refractivity contribution in [2.45, 2.75) is 103 Å². The number of thiazole rings is 2. The van der Waals surface area contributed by atoms with E-state index in [4.69, 9.17) is 14.2 Å². The maximum atomic E-state index is 14.2. The zero-order chi connectivity index (χ0) is 38.1. The Morgan fingerprint density at radius 3 is 2.37 bits per heavy atom. The summed E-state index contributed by atoms with van der Waals surface area (Å²) >= 11 is 2.68. The van der Waals surface area contributed by atoms with Gasteiger partial charge < -0.3 is 29.7 Å². The van der Waals surface area contributed by atoms with Crippen LogP contribution in [-0.4, -0.2) is 115 Å². The summed E-state index contributed by atoms with van der Waals surface area (Å²) in [6.07, 6.45) is 2.90. The van der Waals surface area contributed by atoms with Crippen LogP contribution in [0.25, 0.3) is 0 Å². The number of likely N-dealkylation sites (N-methyl/N-ethyl adjacent to an activating group) is 2. The third-order valence-electron chi connectivity index (χ3n) is 9.85. The van der Waals surface area contributed by atoms with Gasteiger partial charge in [-0.05, 0) is 45.7 Å². The van der Waals surface area contributed by atoms with E-state index in [0.717, 1.165) is 36.5 Å². The summed E-state index contributed by atoms with van der Waals surface area (Å²) in [7, 11) is 4.98. The van der Waals surface area contributed by atoms with Crippen LogP contribution < -0.4 is 10.6 Å². The molecule has 2 saturated heterocycles. The van der Waals surface area contributed by atoms with Crippen LogP contribution in [0.1, 0.15) is 92.1 Å². The summed E-state index contributed by atoms with van der Waals surface area (Å²) in [4.78, 5) is 78.5. The summed E-state index contributed by atoms with van der Waals surface area (Å²) in [6.45, 7) is 10.5. The average Bonchev–Trinajstić information content (AvgIpc) is 3.73. The van der Waals surface area contributed by atoms with E-state index >= 15 is 0 Å². The monoisotopic (exact) mass is 762 g/mol. The number of nitrogens with zero attached hydrogens (tertiary/aromatic N) is 4. The Labute approximate surface area is 314 Å². The Bertz CT molecular complexity index is 1540. The first-order chi connectivity index (χ1) is 24.7. The predicted molar refractivity (Wildman–Crippen MR) is 197 cm³/mol. The Morgan fingerprint density at radius 1 is 1.06 bits per heavy atom. The number of esters is 2. The molecule has 52 heavy (non-hydrogen) atoms. The van der Waals surface area contributed by atoms with Crippen LogP contribution in [0.3, 0.4) is 0 Å². The molecule has 2 fully saturated rings. The first-order valence-electron chi connectivity index (χ1n) is 18.0. The number of likely N-dealkylation sites (tertiary alicyclic amines) is 1. The van der Waals surface area contributed by atoms with Gasteiger partial charge in [0, 0.05) is 61.3 Å². The first kappa shape index (κ1) is 41.3. The highest BCUT2D eigenvalue weighted by Gasteiger charge is 2.41. The van der Waals surface area contributed by atoms with Gasteiger partial charge >= 0.3 is 11.9 Å². The quantitative estimate of drug-likeness (QED) is 0.226. The third kappa shape index (κ3) is 11.0. The molecule has 0 saturated carbocycles. The zero-order valence-corrected chi connectivity index (χ0v) is 33.1. The smallest absolute Gasteiger partial charge is 0.308 e. The van der Waals surface area contributed by atoms with Crippen LogP contribution in [0.5, 0.6) is 0 Å². The molecular formula is C36H54N6O8S2. The fourth-order valence-electron chi connectivity index (χ4n) is 6.79. The SMILES string of the molecule is COC(=O)[C@@H](C)C[C@H](Cc1nc(C)cs1)NC(=O)c1csc([C@@H](C[C@H](C(C)C)N(C)C(=O)[C@@H](NC(=O)[C@H]2CCCCN2C)C2COC2)OC(C)=O)n1. The number of nitrogens with one attached hydrogen (secondary N) is 2. The van der Waals surface area contributed by atoms with Gasteiger partial charge in [0.15, 0.2) is 6.10 Å². The van der Waals surface area contributed by atoms with Crippen molar-refractivity contribution < 1.29 is 38.2 Å². The van der Waals surface area contributed by atoms with Crippen molar-refractivity contribution in [1.29, 1.82) is 0 Å². The van der Waals surface area contributed by atoms with E-state index in [1.54, 1.807) is 24.3 Å². The highest BCUT2D eigenvalue weighted by molar-refractivity contribution is 7.10. The Balaban J connectivity index is 1.50. The molecule has 4 rings (SSSR count). The lowest BCUT2D eigenvalue weighted by atomic mass is 9.92. The van der Waals surface area contributed by atoms with Crippen molar-refractivity contribution in [3.8, 4) is 0 Å². The molecule has 2 aliphatic heterocycles. The number of carbonyl (C=O) groups is 5. The standard InChI is InChI=1S/C36H54N6O8S2/c1-20(2)28(42(7)35(46)31(24-16-49-17-24)40-33(45)27-11-9-10-12-41(27)6)15-29(50-23(5)43)34-39-26(19-52-34)32(44)38-25(13-21(3)36(47)48-8)14-30-37-22(4)18-51-30/h18-21,24-25,27-29,31H,9-17H2,1-8H3,(H,38,44)(H,40,45)/t21-,25+,27+,28+,29+,31-/m0/s1. The van der Waals surface area contributed by atoms with Gasteiger partial charge in [-0.3, -0.25) is 28.9 Å². The lowest BCUT2D eigenvalue weighted by Crippen LogP contribution is -2.61. The topological polar surface area (TPSA) is 169 Å². The van der Waals surface area contributed by atoms with Crippen LogP contribution in [0, 0.1) is 24.7 Å². The van der Waals surface area contributed by atoms with Crippen molar-refractivity contribution in [3.05, 3.63) is 32.2 Å². The van der Waals surface area contributed by atoms with Gasteiger partial charge in [-0.1, -0.05) is 27.2 Å². The fourth-order valence-corrected chi connectivity index (χ4v) is 8.48.